The third-order valence-electron chi connectivity index (χ3n) is 16.1. The molecule has 8 heterocycles. The van der Waals surface area contributed by atoms with Crippen LogP contribution in [0.4, 0.5) is 0 Å². The lowest BCUT2D eigenvalue weighted by Crippen LogP contribution is -2.41. The summed E-state index contributed by atoms with van der Waals surface area (Å²) in [5.41, 5.74) is -0.580. The van der Waals surface area contributed by atoms with Crippen molar-refractivity contribution in [1.82, 2.24) is 41.2 Å². The zero-order chi connectivity index (χ0) is 63.5. The fraction of sp³-hybridized carbons (Fsp3) is 0.355. The maximum Gasteiger partial charge on any atom is 0.338 e. The van der Waals surface area contributed by atoms with E-state index in [-0.39, 0.29) is 116 Å². The van der Waals surface area contributed by atoms with E-state index in [1.807, 2.05) is 86.6 Å². The number of carbonyl (C=O) groups excluding carboxylic acids is 4. The molecule has 4 aliphatic rings. The third-order valence-corrected chi connectivity index (χ3v) is 16.1. The first kappa shape index (κ1) is 63.6. The van der Waals surface area contributed by atoms with Gasteiger partial charge in [0.2, 0.25) is 0 Å². The Bertz CT molecular complexity index is 3780. The van der Waals surface area contributed by atoms with E-state index in [9.17, 15) is 53.7 Å². The quantitative estimate of drug-likeness (QED) is 0.0569. The number of aromatic nitrogens is 4. The molecule has 4 atom stereocenters. The number of carboxylic acid groups (broad SMARTS) is 4. The molecular weight excluding hydrogens is 1100 g/mol. The summed E-state index contributed by atoms with van der Waals surface area (Å²) in [5, 5.41) is 49.5. The largest absolute Gasteiger partial charge is 0.478 e. The number of carboxylic acids is 4. The molecule has 0 aliphatic carbocycles. The second-order valence-corrected chi connectivity index (χ2v) is 22.7. The van der Waals surface area contributed by atoms with E-state index < -0.39 is 46.0 Å². The van der Waals surface area contributed by atoms with E-state index in [1.54, 1.807) is 76.4 Å². The highest BCUT2D eigenvalue weighted by Crippen LogP contribution is 2.32. The van der Waals surface area contributed by atoms with E-state index in [0.717, 1.165) is 16.3 Å². The second-order valence-electron chi connectivity index (χ2n) is 22.7. The Labute approximate surface area is 494 Å². The number of nitrogens with zero attached hydrogens (tertiary/aromatic N) is 8. The smallest absolute Gasteiger partial charge is 0.338 e. The van der Waals surface area contributed by atoms with Gasteiger partial charge in [-0.15, -0.1) is 0 Å². The summed E-state index contributed by atoms with van der Waals surface area (Å²) in [5.74, 6) is -4.49. The van der Waals surface area contributed by atoms with Gasteiger partial charge in [0.15, 0.2) is 23.3 Å². The van der Waals surface area contributed by atoms with Crippen LogP contribution in [-0.2, 0) is 25.6 Å². The SMILES string of the molecule is CC(C)C1(C)N=C(c2nc3ccccc3cc2C(=O)O)NC1=O.CC(C)C1(C)N=C(c2nc3ccccc3cc2C(=O)O)NC1=O.CC(C)C1(C)N=C(c2ncccc2C(=O)O)NC1=O.CCc1cnc(C2=NC(C)(C(C)C)C(=O)N2)c(C(=O)O)c1. The minimum atomic E-state index is -1.10. The van der Waals surface area contributed by atoms with Crippen LogP contribution in [0.25, 0.3) is 21.8 Å². The number of rotatable bonds is 13. The molecule has 0 fully saturated rings. The van der Waals surface area contributed by atoms with E-state index in [2.05, 4.69) is 61.2 Å². The molecule has 4 aliphatic heterocycles. The van der Waals surface area contributed by atoms with E-state index in [4.69, 9.17) is 5.11 Å². The molecule has 4 aromatic heterocycles. The van der Waals surface area contributed by atoms with Crippen molar-refractivity contribution in [1.29, 1.82) is 0 Å². The molecule has 0 spiro atoms. The van der Waals surface area contributed by atoms with Gasteiger partial charge in [0.1, 0.15) is 44.9 Å². The van der Waals surface area contributed by atoms with Crippen molar-refractivity contribution in [2.75, 3.05) is 0 Å². The van der Waals surface area contributed by atoms with Gasteiger partial charge in [-0.05, 0) is 106 Å². The van der Waals surface area contributed by atoms with E-state index in [1.165, 1.54) is 18.3 Å². The Hall–Kier alpha value is -10.0. The second kappa shape index (κ2) is 24.7. The fourth-order valence-electron chi connectivity index (χ4n) is 8.93. The highest BCUT2D eigenvalue weighted by atomic mass is 16.4. The first-order chi connectivity index (χ1) is 40.3. The van der Waals surface area contributed by atoms with Gasteiger partial charge in [0, 0.05) is 23.2 Å². The van der Waals surface area contributed by atoms with Crippen molar-refractivity contribution in [3.63, 3.8) is 0 Å². The predicted molar refractivity (Wildman–Crippen MR) is 321 cm³/mol. The van der Waals surface area contributed by atoms with Crippen LogP contribution in [0.1, 0.15) is 160 Å². The van der Waals surface area contributed by atoms with Crippen LogP contribution in [0.3, 0.4) is 0 Å². The van der Waals surface area contributed by atoms with Crippen LogP contribution in [0.2, 0.25) is 0 Å². The van der Waals surface area contributed by atoms with Crippen LogP contribution in [0.5, 0.6) is 0 Å². The molecule has 0 bridgehead atoms. The number of nitrogens with one attached hydrogen (secondary N) is 4. The van der Waals surface area contributed by atoms with Crippen LogP contribution in [0.15, 0.2) is 111 Å². The van der Waals surface area contributed by atoms with Crippen LogP contribution in [-0.4, -0.2) is 133 Å². The number of para-hydroxylation sites is 2. The number of aliphatic imine (C=N–C) groups is 4. The first-order valence-electron chi connectivity index (χ1n) is 27.6. The number of amides is 4. The molecule has 86 heavy (non-hydrogen) atoms. The number of pyridine rings is 4. The number of fused-ring (bicyclic) bond motifs is 2. The fourth-order valence-corrected chi connectivity index (χ4v) is 8.93. The van der Waals surface area contributed by atoms with Crippen molar-refractivity contribution >= 4 is 92.7 Å². The summed E-state index contributed by atoms with van der Waals surface area (Å²) in [6.45, 7) is 24.0. The highest BCUT2D eigenvalue weighted by Gasteiger charge is 2.46. The lowest BCUT2D eigenvalue weighted by Gasteiger charge is -2.21. The summed E-state index contributed by atoms with van der Waals surface area (Å²) in [7, 11) is 0. The number of benzene rings is 2. The van der Waals surface area contributed by atoms with E-state index in [0.29, 0.717) is 17.5 Å². The Morgan fingerprint density at radius 1 is 0.430 bits per heavy atom. The van der Waals surface area contributed by atoms with Crippen molar-refractivity contribution < 1.29 is 58.8 Å². The minimum Gasteiger partial charge on any atom is -0.478 e. The summed E-state index contributed by atoms with van der Waals surface area (Å²) < 4.78 is 0. The molecule has 4 unspecified atom stereocenters. The zero-order valence-corrected chi connectivity index (χ0v) is 49.8. The maximum atomic E-state index is 12.3. The molecule has 0 saturated carbocycles. The number of amidine groups is 4. The standard InChI is InChI=1S/2C17H17N3O3.C15H19N3O3.C13H15N3O3/c2*1-9(2)17(3)16(23)19-14(20-17)13-11(15(21)22)8-10-6-4-5-7-12(10)18-13;1-5-9-6-10(13(19)20)11(16-7-9)12-17-14(21)15(4,18-12)8(2)3;1-7(2)13(3)12(19)15-10(16-13)9-8(11(17)18)5-4-6-14-9/h2*4-9H,1-3H3,(H,21,22)(H,19,20,23);6-8H,5H2,1-4H3,(H,19,20)(H,17,18,21);4-7H,1-3H3,(H,17,18)(H,15,16,19). The average molecular weight is 1170 g/mol. The van der Waals surface area contributed by atoms with Crippen molar-refractivity contribution in [2.45, 2.75) is 119 Å². The maximum absolute atomic E-state index is 12.3. The molecule has 24 nitrogen and oxygen atoms in total. The topological polar surface area (TPSA) is 367 Å². The number of hydrogen-bond acceptors (Lipinski definition) is 16. The summed E-state index contributed by atoms with van der Waals surface area (Å²) in [4.78, 5) is 129. The van der Waals surface area contributed by atoms with Crippen molar-refractivity contribution in [3.8, 4) is 0 Å². The van der Waals surface area contributed by atoms with Gasteiger partial charge < -0.3 is 41.7 Å². The Morgan fingerprint density at radius 2 is 0.744 bits per heavy atom. The molecule has 8 N–H and O–H groups in total. The molecule has 6 aromatic rings. The summed E-state index contributed by atoms with van der Waals surface area (Å²) >= 11 is 0. The first-order valence-corrected chi connectivity index (χ1v) is 27.6. The van der Waals surface area contributed by atoms with Crippen LogP contribution in [0, 0.1) is 23.7 Å². The Kier molecular flexibility index (Phi) is 18.2. The van der Waals surface area contributed by atoms with Crippen LogP contribution >= 0.6 is 0 Å². The lowest BCUT2D eigenvalue weighted by molar-refractivity contribution is -0.125. The average Bonchev–Trinajstić information content (AvgIpc) is 2.26. The van der Waals surface area contributed by atoms with Gasteiger partial charge >= 0.3 is 23.9 Å². The molecule has 0 saturated heterocycles. The van der Waals surface area contributed by atoms with Gasteiger partial charge in [-0.1, -0.05) is 98.7 Å². The highest BCUT2D eigenvalue weighted by molar-refractivity contribution is 6.21. The third kappa shape index (κ3) is 12.4. The molecular formula is C62H68N12O12. The molecule has 448 valence electrons. The lowest BCUT2D eigenvalue weighted by atomic mass is 9.89. The van der Waals surface area contributed by atoms with Crippen LogP contribution < -0.4 is 21.3 Å². The van der Waals surface area contributed by atoms with Gasteiger partial charge in [0.05, 0.1) is 33.3 Å². The number of aryl methyl sites for hydroxylation is 1. The molecule has 2 aromatic carbocycles. The number of hydrogen-bond donors (Lipinski definition) is 8. The number of aromatic carboxylic acids is 4. The zero-order valence-electron chi connectivity index (χ0n) is 49.8. The monoisotopic (exact) mass is 1170 g/mol. The van der Waals surface area contributed by atoms with Gasteiger partial charge in [-0.25, -0.2) is 49.1 Å². The van der Waals surface area contributed by atoms with Gasteiger partial charge in [-0.3, -0.25) is 29.1 Å². The molecule has 24 heteroatoms. The predicted octanol–water partition coefficient (Wildman–Crippen LogP) is 7.15. The van der Waals surface area contributed by atoms with Crippen molar-refractivity contribution in [2.24, 2.45) is 43.6 Å². The molecule has 10 rings (SSSR count). The molecule has 0 radical (unpaired) electrons. The Balaban J connectivity index is 0.000000165. The normalized spacial score (nSPS) is 21.2. The summed E-state index contributed by atoms with van der Waals surface area (Å²) in [6, 6.07) is 22.1. The number of carbonyl (C=O) groups is 8. The molecule has 4 amide bonds. The minimum absolute atomic E-state index is 0.00167. The van der Waals surface area contributed by atoms with Gasteiger partial charge in [0.25, 0.3) is 23.6 Å². The van der Waals surface area contributed by atoms with E-state index >= 15 is 0 Å². The van der Waals surface area contributed by atoms with Gasteiger partial charge in [-0.2, -0.15) is 0 Å². The summed E-state index contributed by atoms with van der Waals surface area (Å²) in [6.07, 6.45) is 3.78. The Morgan fingerprint density at radius 3 is 1.06 bits per heavy atom. The van der Waals surface area contributed by atoms with Crippen molar-refractivity contribution in [3.05, 3.63) is 142 Å².